The van der Waals surface area contributed by atoms with Crippen LogP contribution in [0.4, 0.5) is 10.2 Å². The molecular weight excluding hydrogens is 409 g/mol. The Balaban J connectivity index is 1.29. The summed E-state index contributed by atoms with van der Waals surface area (Å²) in [6.07, 6.45) is 6.94. The van der Waals surface area contributed by atoms with Crippen LogP contribution in [0.5, 0.6) is 5.75 Å². The highest BCUT2D eigenvalue weighted by Crippen LogP contribution is 2.71. The molecule has 1 amide bonds. The first-order valence-corrected chi connectivity index (χ1v) is 10.7. The van der Waals surface area contributed by atoms with Gasteiger partial charge in [-0.25, -0.2) is 19.3 Å². The first-order chi connectivity index (χ1) is 15.6. The van der Waals surface area contributed by atoms with E-state index in [9.17, 15) is 9.18 Å². The third-order valence-electron chi connectivity index (χ3n) is 7.20. The smallest absolute Gasteiger partial charge is 0.255 e. The number of likely N-dealkylation sites (tertiary alicyclic amines) is 1. The number of ether oxygens (including phenoxy) is 1. The molecule has 4 atom stereocenters. The molecule has 32 heavy (non-hydrogen) atoms. The van der Waals surface area contributed by atoms with E-state index < -0.39 is 5.82 Å². The lowest BCUT2D eigenvalue weighted by Crippen LogP contribution is -2.60. The van der Waals surface area contributed by atoms with Crippen molar-refractivity contribution in [3.05, 3.63) is 66.4 Å². The fourth-order valence-corrected chi connectivity index (χ4v) is 5.65. The van der Waals surface area contributed by atoms with Crippen molar-refractivity contribution in [2.75, 3.05) is 19.0 Å². The van der Waals surface area contributed by atoms with Gasteiger partial charge in [0.05, 0.1) is 30.5 Å². The number of hydrogen-bond acceptors (Lipinski definition) is 6. The number of amides is 1. The number of carbonyl (C=O) groups is 1. The van der Waals surface area contributed by atoms with Gasteiger partial charge in [-0.05, 0) is 54.5 Å². The van der Waals surface area contributed by atoms with Gasteiger partial charge >= 0.3 is 0 Å². The topological polar surface area (TPSA) is 80.2 Å². The Morgan fingerprint density at radius 3 is 2.75 bits per heavy atom. The predicted octanol–water partition coefficient (Wildman–Crippen LogP) is 3.40. The van der Waals surface area contributed by atoms with Crippen LogP contribution >= 0.6 is 0 Å². The van der Waals surface area contributed by atoms with Crippen molar-refractivity contribution in [2.24, 2.45) is 11.3 Å². The minimum Gasteiger partial charge on any atom is -0.495 e. The molecule has 7 nitrogen and oxygen atoms in total. The first-order valence-electron chi connectivity index (χ1n) is 10.7. The lowest BCUT2D eigenvalue weighted by molar-refractivity contribution is 0.0472. The van der Waals surface area contributed by atoms with Gasteiger partial charge < -0.3 is 15.0 Å². The van der Waals surface area contributed by atoms with Crippen LogP contribution in [0.3, 0.4) is 0 Å². The van der Waals surface area contributed by atoms with Crippen molar-refractivity contribution < 1.29 is 13.9 Å². The summed E-state index contributed by atoms with van der Waals surface area (Å²) in [4.78, 5) is 28.4. The van der Waals surface area contributed by atoms with Crippen molar-refractivity contribution in [3.8, 4) is 17.1 Å². The Morgan fingerprint density at radius 1 is 1.16 bits per heavy atom. The Bertz CT molecular complexity index is 1190. The number of carbonyl (C=O) groups excluding carboxylic acids is 1. The minimum absolute atomic E-state index is 0.0664. The highest BCUT2D eigenvalue weighted by Gasteiger charge is 2.75. The number of benzene rings is 1. The minimum atomic E-state index is -0.494. The van der Waals surface area contributed by atoms with Gasteiger partial charge in [-0.3, -0.25) is 4.79 Å². The van der Waals surface area contributed by atoms with E-state index in [4.69, 9.17) is 4.74 Å². The Hall–Kier alpha value is -3.55. The lowest BCUT2D eigenvalue weighted by atomic mass is 9.71. The fraction of sp³-hybridized carbons (Fsp3) is 0.333. The SMILES string of the molecule is COc1ccc(NC2CC34CC3CN(C(=O)c3cccc(F)c3-c3ncccn3)C24)nc1. The summed E-state index contributed by atoms with van der Waals surface area (Å²) in [5.74, 6) is 1.53. The number of aromatic nitrogens is 3. The van der Waals surface area contributed by atoms with Crippen LogP contribution in [0, 0.1) is 17.2 Å². The molecule has 1 N–H and O–H groups in total. The molecule has 162 valence electrons. The molecule has 3 fully saturated rings. The Morgan fingerprint density at radius 2 is 2.00 bits per heavy atom. The number of hydrogen-bond donors (Lipinski definition) is 1. The molecule has 1 aromatic carbocycles. The molecule has 1 saturated heterocycles. The van der Waals surface area contributed by atoms with Gasteiger partial charge in [-0.1, -0.05) is 6.07 Å². The van der Waals surface area contributed by atoms with E-state index in [1.54, 1.807) is 43.9 Å². The molecule has 0 bridgehead atoms. The standard InChI is InChI=1S/C24H22FN5O2/c1-32-15-6-7-19(28-12-15)29-18-11-24-10-14(24)13-30(21(18)24)23(31)16-4-2-5-17(25)20(16)22-26-8-3-9-27-22/h2-9,12,14,18,21H,10-11,13H2,1H3,(H,28,29). The predicted molar refractivity (Wildman–Crippen MR) is 116 cm³/mol. The van der Waals surface area contributed by atoms with E-state index in [0.717, 1.165) is 18.7 Å². The van der Waals surface area contributed by atoms with Crippen molar-refractivity contribution in [3.63, 3.8) is 0 Å². The van der Waals surface area contributed by atoms with Gasteiger partial charge in [0.25, 0.3) is 5.91 Å². The molecule has 2 aliphatic carbocycles. The van der Waals surface area contributed by atoms with Crippen LogP contribution in [-0.4, -0.2) is 51.5 Å². The quantitative estimate of drug-likeness (QED) is 0.667. The van der Waals surface area contributed by atoms with E-state index in [2.05, 4.69) is 20.3 Å². The second-order valence-electron chi connectivity index (χ2n) is 8.81. The van der Waals surface area contributed by atoms with Gasteiger partial charge in [0.15, 0.2) is 5.82 Å². The molecule has 2 aromatic heterocycles. The monoisotopic (exact) mass is 431 g/mol. The third kappa shape index (κ3) is 2.78. The molecule has 8 heteroatoms. The summed E-state index contributed by atoms with van der Waals surface area (Å²) in [6.45, 7) is 0.698. The Kier molecular flexibility index (Phi) is 4.18. The summed E-state index contributed by atoms with van der Waals surface area (Å²) in [6, 6.07) is 10.2. The second-order valence-corrected chi connectivity index (χ2v) is 8.81. The average molecular weight is 431 g/mol. The Labute approximate surface area is 184 Å². The number of rotatable bonds is 5. The first kappa shape index (κ1) is 19.2. The molecule has 2 saturated carbocycles. The molecule has 3 aliphatic rings. The number of methoxy groups -OCH3 is 1. The zero-order chi connectivity index (χ0) is 21.9. The third-order valence-corrected chi connectivity index (χ3v) is 7.20. The number of nitrogens with zero attached hydrogens (tertiary/aromatic N) is 4. The van der Waals surface area contributed by atoms with Crippen molar-refractivity contribution >= 4 is 11.7 Å². The maximum Gasteiger partial charge on any atom is 0.255 e. The van der Waals surface area contributed by atoms with E-state index in [-0.39, 0.29) is 34.8 Å². The normalized spacial score (nSPS) is 27.2. The van der Waals surface area contributed by atoms with Crippen LogP contribution in [0.1, 0.15) is 23.2 Å². The summed E-state index contributed by atoms with van der Waals surface area (Å²) in [5, 5.41) is 3.49. The van der Waals surface area contributed by atoms with Gasteiger partial charge in [-0.2, -0.15) is 0 Å². The molecule has 3 aromatic rings. The van der Waals surface area contributed by atoms with Crippen LogP contribution in [0.25, 0.3) is 11.4 Å². The maximum atomic E-state index is 14.8. The van der Waals surface area contributed by atoms with Crippen molar-refractivity contribution in [2.45, 2.75) is 24.9 Å². The zero-order valence-electron chi connectivity index (χ0n) is 17.5. The molecule has 0 radical (unpaired) electrons. The summed E-state index contributed by atoms with van der Waals surface area (Å²) in [5.41, 5.74) is 0.658. The number of nitrogens with one attached hydrogen (secondary N) is 1. The van der Waals surface area contributed by atoms with E-state index >= 15 is 0 Å². The highest BCUT2D eigenvalue weighted by atomic mass is 19.1. The zero-order valence-corrected chi connectivity index (χ0v) is 17.5. The molecular formula is C24H22FN5O2. The second kappa shape index (κ2) is 6.98. The molecule has 6 rings (SSSR count). The average Bonchev–Trinajstić information content (AvgIpc) is 3.47. The van der Waals surface area contributed by atoms with E-state index in [1.807, 2.05) is 17.0 Å². The van der Waals surface area contributed by atoms with Crippen LogP contribution in [0.2, 0.25) is 0 Å². The van der Waals surface area contributed by atoms with Gasteiger partial charge in [-0.15, -0.1) is 0 Å². The summed E-state index contributed by atoms with van der Waals surface area (Å²) in [7, 11) is 1.61. The number of halogens is 1. The lowest BCUT2D eigenvalue weighted by Gasteiger charge is -2.48. The van der Waals surface area contributed by atoms with Crippen molar-refractivity contribution in [1.82, 2.24) is 19.9 Å². The largest absolute Gasteiger partial charge is 0.495 e. The maximum absolute atomic E-state index is 14.8. The van der Waals surface area contributed by atoms with Crippen molar-refractivity contribution in [1.29, 1.82) is 0 Å². The number of anilines is 1. The fourth-order valence-electron chi connectivity index (χ4n) is 5.65. The van der Waals surface area contributed by atoms with E-state index in [1.165, 1.54) is 6.07 Å². The van der Waals surface area contributed by atoms with Crippen LogP contribution < -0.4 is 10.1 Å². The molecule has 4 unspecified atom stereocenters. The van der Waals surface area contributed by atoms with Gasteiger partial charge in [0.2, 0.25) is 0 Å². The summed E-state index contributed by atoms with van der Waals surface area (Å²) < 4.78 is 20.0. The van der Waals surface area contributed by atoms with Crippen LogP contribution in [-0.2, 0) is 0 Å². The molecule has 3 heterocycles. The number of piperidine rings is 1. The molecule has 1 aliphatic heterocycles. The van der Waals surface area contributed by atoms with Gasteiger partial charge in [0, 0.05) is 25.0 Å². The van der Waals surface area contributed by atoms with Gasteiger partial charge in [0.1, 0.15) is 17.4 Å². The molecule has 1 spiro atoms. The van der Waals surface area contributed by atoms with Crippen LogP contribution in [0.15, 0.2) is 55.0 Å². The summed E-state index contributed by atoms with van der Waals surface area (Å²) >= 11 is 0. The number of pyridine rings is 1. The highest BCUT2D eigenvalue weighted by molar-refractivity contribution is 6.01. The van der Waals surface area contributed by atoms with E-state index in [0.29, 0.717) is 23.8 Å².